The standard InChI is InChI=1S/C26H23N3O2S/c1-18-5-2-3-6-20(18)15-25(30)27-21-10-8-19(9-11-21)26(31)29-16-22-7-4-13-28(22)17-24-23(29)12-14-32-24/h2-13,17H,14-16H2,1H3,(H,27,30). The van der Waals surface area contributed by atoms with Gasteiger partial charge in [0.25, 0.3) is 5.91 Å². The van der Waals surface area contributed by atoms with E-state index < -0.39 is 0 Å². The van der Waals surface area contributed by atoms with Gasteiger partial charge in [0.2, 0.25) is 5.91 Å². The normalized spacial score (nSPS) is 14.7. The number of nitrogens with zero attached hydrogens (tertiary/aromatic N) is 2. The largest absolute Gasteiger partial charge is 0.326 e. The van der Waals surface area contributed by atoms with Gasteiger partial charge in [0.1, 0.15) is 0 Å². The van der Waals surface area contributed by atoms with E-state index in [0.717, 1.165) is 33.2 Å². The van der Waals surface area contributed by atoms with Gasteiger partial charge >= 0.3 is 0 Å². The number of aryl methyl sites for hydroxylation is 1. The molecule has 32 heavy (non-hydrogen) atoms. The smallest absolute Gasteiger partial charge is 0.258 e. The van der Waals surface area contributed by atoms with Crippen LogP contribution in [-0.2, 0) is 17.8 Å². The molecule has 0 radical (unpaired) electrons. The lowest BCUT2D eigenvalue weighted by Gasteiger charge is -2.23. The number of hydrogen-bond donors (Lipinski definition) is 1. The van der Waals surface area contributed by atoms with Crippen LogP contribution in [0.5, 0.6) is 0 Å². The maximum absolute atomic E-state index is 13.4. The van der Waals surface area contributed by atoms with Crippen molar-refractivity contribution in [1.29, 1.82) is 0 Å². The first-order valence-corrected chi connectivity index (χ1v) is 11.5. The summed E-state index contributed by atoms with van der Waals surface area (Å²) >= 11 is 1.74. The predicted molar refractivity (Wildman–Crippen MR) is 129 cm³/mol. The van der Waals surface area contributed by atoms with Crippen LogP contribution in [0.1, 0.15) is 27.2 Å². The molecule has 0 atom stereocenters. The summed E-state index contributed by atoms with van der Waals surface area (Å²) < 4.78 is 2.09. The maximum Gasteiger partial charge on any atom is 0.258 e. The summed E-state index contributed by atoms with van der Waals surface area (Å²) in [6.45, 7) is 2.52. The van der Waals surface area contributed by atoms with Crippen LogP contribution in [0.25, 0.3) is 6.20 Å². The first kappa shape index (κ1) is 20.4. The molecule has 2 aliphatic rings. The molecule has 3 heterocycles. The molecule has 2 aliphatic heterocycles. The molecule has 0 saturated heterocycles. The average molecular weight is 442 g/mol. The Labute approximate surface area is 191 Å². The van der Waals surface area contributed by atoms with Crippen molar-refractivity contribution in [2.75, 3.05) is 11.1 Å². The van der Waals surface area contributed by atoms with E-state index in [4.69, 9.17) is 0 Å². The molecule has 0 bridgehead atoms. The monoisotopic (exact) mass is 441 g/mol. The van der Waals surface area contributed by atoms with Crippen LogP contribution >= 0.6 is 11.8 Å². The molecule has 2 amide bonds. The number of nitrogens with one attached hydrogen (secondary N) is 1. The van der Waals surface area contributed by atoms with Crippen LogP contribution in [0.3, 0.4) is 0 Å². The van der Waals surface area contributed by atoms with Gasteiger partial charge in [-0.2, -0.15) is 0 Å². The van der Waals surface area contributed by atoms with Gasteiger partial charge in [0, 0.05) is 40.0 Å². The van der Waals surface area contributed by atoms with Gasteiger partial charge in [0.15, 0.2) is 0 Å². The van der Waals surface area contributed by atoms with Crippen molar-refractivity contribution in [3.05, 3.63) is 106 Å². The van der Waals surface area contributed by atoms with Crippen LogP contribution in [0, 0.1) is 6.92 Å². The number of rotatable bonds is 4. The third-order valence-electron chi connectivity index (χ3n) is 5.78. The van der Waals surface area contributed by atoms with Crippen molar-refractivity contribution in [3.63, 3.8) is 0 Å². The Balaban J connectivity index is 1.31. The van der Waals surface area contributed by atoms with E-state index >= 15 is 0 Å². The molecule has 6 heteroatoms. The zero-order valence-corrected chi connectivity index (χ0v) is 18.6. The second-order valence-corrected chi connectivity index (χ2v) is 8.98. The Morgan fingerprint density at radius 2 is 1.84 bits per heavy atom. The SMILES string of the molecule is Cc1ccccc1CC(=O)Nc1ccc(C(=O)N2Cc3cccn3C=C3SCC=C32)cc1. The molecule has 0 fully saturated rings. The Morgan fingerprint density at radius 3 is 2.66 bits per heavy atom. The van der Waals surface area contributed by atoms with Gasteiger partial charge in [-0.15, -0.1) is 11.8 Å². The van der Waals surface area contributed by atoms with Crippen LogP contribution in [0.15, 0.2) is 83.5 Å². The molecule has 5 nitrogen and oxygen atoms in total. The average Bonchev–Trinajstić information content (AvgIpc) is 3.41. The number of thioether (sulfide) groups is 1. The number of carbonyl (C=O) groups is 2. The number of amides is 2. The number of benzene rings is 2. The van der Waals surface area contributed by atoms with Crippen LogP contribution < -0.4 is 5.32 Å². The number of carbonyl (C=O) groups excluding carboxylic acids is 2. The van der Waals surface area contributed by atoms with Gasteiger partial charge in [-0.05, 0) is 60.5 Å². The topological polar surface area (TPSA) is 54.3 Å². The van der Waals surface area contributed by atoms with E-state index in [-0.39, 0.29) is 11.8 Å². The van der Waals surface area contributed by atoms with Crippen LogP contribution in [0.4, 0.5) is 5.69 Å². The summed E-state index contributed by atoms with van der Waals surface area (Å²) in [5.41, 5.74) is 5.43. The minimum atomic E-state index is -0.0745. The molecule has 1 aromatic heterocycles. The summed E-state index contributed by atoms with van der Waals surface area (Å²) in [7, 11) is 0. The molecule has 0 unspecified atom stereocenters. The van der Waals surface area contributed by atoms with Crippen molar-refractivity contribution in [1.82, 2.24) is 9.47 Å². The van der Waals surface area contributed by atoms with Gasteiger partial charge < -0.3 is 14.8 Å². The van der Waals surface area contributed by atoms with E-state index in [0.29, 0.717) is 24.2 Å². The van der Waals surface area contributed by atoms with Crippen LogP contribution in [0.2, 0.25) is 0 Å². The quantitative estimate of drug-likeness (QED) is 0.616. The number of aromatic nitrogens is 1. The van der Waals surface area contributed by atoms with Gasteiger partial charge in [0.05, 0.1) is 18.7 Å². The van der Waals surface area contributed by atoms with E-state index in [1.807, 2.05) is 54.4 Å². The van der Waals surface area contributed by atoms with Crippen molar-refractivity contribution < 1.29 is 9.59 Å². The van der Waals surface area contributed by atoms with E-state index in [1.54, 1.807) is 36.0 Å². The molecule has 5 rings (SSSR count). The maximum atomic E-state index is 13.4. The second kappa shape index (κ2) is 8.55. The summed E-state index contributed by atoms with van der Waals surface area (Å²) in [4.78, 5) is 28.8. The zero-order valence-electron chi connectivity index (χ0n) is 17.7. The van der Waals surface area contributed by atoms with Crippen molar-refractivity contribution >= 4 is 35.5 Å². The minimum absolute atomic E-state index is 0.0444. The molecule has 0 aliphatic carbocycles. The van der Waals surface area contributed by atoms with E-state index in [1.165, 1.54) is 0 Å². The summed E-state index contributed by atoms with van der Waals surface area (Å²) in [6, 6.07) is 19.0. The zero-order chi connectivity index (χ0) is 22.1. The lowest BCUT2D eigenvalue weighted by molar-refractivity contribution is -0.115. The number of fused-ring (bicyclic) bond motifs is 2. The fourth-order valence-electron chi connectivity index (χ4n) is 4.01. The van der Waals surface area contributed by atoms with Gasteiger partial charge in [-0.1, -0.05) is 24.3 Å². The summed E-state index contributed by atoms with van der Waals surface area (Å²) in [5, 5.41) is 2.93. The number of anilines is 1. The highest BCUT2D eigenvalue weighted by atomic mass is 32.2. The number of hydrogen-bond acceptors (Lipinski definition) is 3. The summed E-state index contributed by atoms with van der Waals surface area (Å²) in [6.07, 6.45) is 6.54. The molecule has 2 aromatic carbocycles. The van der Waals surface area contributed by atoms with E-state index in [2.05, 4.69) is 22.2 Å². The molecule has 3 aromatic rings. The Morgan fingerprint density at radius 1 is 1.03 bits per heavy atom. The first-order valence-electron chi connectivity index (χ1n) is 10.6. The third kappa shape index (κ3) is 4.01. The lowest BCUT2D eigenvalue weighted by atomic mass is 10.1. The highest BCUT2D eigenvalue weighted by Crippen LogP contribution is 2.37. The van der Waals surface area contributed by atoms with Crippen molar-refractivity contribution in [2.45, 2.75) is 19.9 Å². The lowest BCUT2D eigenvalue weighted by Crippen LogP contribution is -2.29. The third-order valence-corrected chi connectivity index (χ3v) is 6.73. The van der Waals surface area contributed by atoms with Gasteiger partial charge in [-0.25, -0.2) is 0 Å². The van der Waals surface area contributed by atoms with E-state index in [9.17, 15) is 9.59 Å². The van der Waals surface area contributed by atoms with Crippen LogP contribution in [-0.4, -0.2) is 27.0 Å². The van der Waals surface area contributed by atoms with Crippen molar-refractivity contribution in [2.24, 2.45) is 0 Å². The second-order valence-electron chi connectivity index (χ2n) is 7.92. The minimum Gasteiger partial charge on any atom is -0.326 e. The fraction of sp³-hybridized carbons (Fsp3) is 0.154. The first-order chi connectivity index (χ1) is 15.6. The molecule has 0 spiro atoms. The fourth-order valence-corrected chi connectivity index (χ4v) is 4.96. The molecular weight excluding hydrogens is 418 g/mol. The molecular formula is C26H23N3O2S. The Kier molecular flexibility index (Phi) is 5.45. The highest BCUT2D eigenvalue weighted by molar-refractivity contribution is 8.03. The summed E-state index contributed by atoms with van der Waals surface area (Å²) in [5.74, 6) is 0.750. The van der Waals surface area contributed by atoms with Gasteiger partial charge in [-0.3, -0.25) is 9.59 Å². The highest BCUT2D eigenvalue weighted by Gasteiger charge is 2.28. The van der Waals surface area contributed by atoms with Crippen molar-refractivity contribution in [3.8, 4) is 0 Å². The molecule has 1 N–H and O–H groups in total. The predicted octanol–water partition coefficient (Wildman–Crippen LogP) is 5.06. The Hall–Kier alpha value is -3.51. The molecule has 160 valence electrons. The Bertz CT molecular complexity index is 1250. The molecule has 0 saturated carbocycles.